The van der Waals surface area contributed by atoms with E-state index in [1.54, 1.807) is 11.8 Å². The predicted molar refractivity (Wildman–Crippen MR) is 112 cm³/mol. The van der Waals surface area contributed by atoms with Gasteiger partial charge in [-0.15, -0.1) is 0 Å². The van der Waals surface area contributed by atoms with Crippen molar-refractivity contribution in [2.45, 2.75) is 77.0 Å². The van der Waals surface area contributed by atoms with Crippen LogP contribution < -0.4 is 10.1 Å². The van der Waals surface area contributed by atoms with Gasteiger partial charge in [-0.25, -0.2) is 9.69 Å². The Labute approximate surface area is 177 Å². The van der Waals surface area contributed by atoms with Gasteiger partial charge in [0.25, 0.3) is 5.91 Å². The second-order valence-corrected chi connectivity index (χ2v) is 8.96. The summed E-state index contributed by atoms with van der Waals surface area (Å²) in [6.07, 6.45) is 4.70. The normalized spacial score (nSPS) is 22.5. The molecule has 1 atom stereocenters. The number of carbonyl (C=O) groups excluding carboxylic acids is 3. The van der Waals surface area contributed by atoms with Gasteiger partial charge in [0.2, 0.25) is 5.91 Å². The van der Waals surface area contributed by atoms with Crippen molar-refractivity contribution in [3.63, 3.8) is 0 Å². The number of nitrogens with zero attached hydrogens (tertiary/aromatic N) is 2. The highest BCUT2D eigenvalue weighted by Gasteiger charge is 2.54. The Morgan fingerprint density at radius 1 is 1.13 bits per heavy atom. The molecule has 4 rings (SSSR count). The van der Waals surface area contributed by atoms with Crippen molar-refractivity contribution in [1.82, 2.24) is 15.1 Å². The van der Waals surface area contributed by atoms with E-state index in [-0.39, 0.29) is 17.9 Å². The summed E-state index contributed by atoms with van der Waals surface area (Å²) in [5.41, 5.74) is 1.65. The van der Waals surface area contributed by atoms with Gasteiger partial charge in [-0.3, -0.25) is 9.59 Å². The van der Waals surface area contributed by atoms with Crippen LogP contribution in [0.3, 0.4) is 0 Å². The molecule has 2 heterocycles. The minimum Gasteiger partial charge on any atom is -0.490 e. The highest BCUT2D eigenvalue weighted by atomic mass is 16.5. The fourth-order valence-corrected chi connectivity index (χ4v) is 4.86. The zero-order valence-corrected chi connectivity index (χ0v) is 18.1. The standard InChI is InChI=1S/C23H31N3O4/c1-15-6-7-19(14-16(15)2)30-18-8-12-25(13-9-18)20(27)17(3)26-21(28)23(24-22(26)29)10-4-5-11-23/h6-7,14,17-18H,4-5,8-13H2,1-3H3,(H,24,29). The van der Waals surface area contributed by atoms with Crippen molar-refractivity contribution >= 4 is 17.8 Å². The highest BCUT2D eigenvalue weighted by molar-refractivity contribution is 6.09. The molecule has 3 aliphatic rings. The monoisotopic (exact) mass is 413 g/mol. The predicted octanol–water partition coefficient (Wildman–Crippen LogP) is 2.93. The van der Waals surface area contributed by atoms with Gasteiger partial charge in [-0.2, -0.15) is 0 Å². The van der Waals surface area contributed by atoms with Crippen LogP contribution in [0.4, 0.5) is 4.79 Å². The number of urea groups is 1. The lowest BCUT2D eigenvalue weighted by Crippen LogP contribution is -2.53. The molecule has 1 spiro atoms. The number of imide groups is 1. The fraction of sp³-hybridized carbons (Fsp3) is 0.609. The van der Waals surface area contributed by atoms with Gasteiger partial charge in [-0.1, -0.05) is 18.9 Å². The van der Waals surface area contributed by atoms with Crippen LogP contribution in [-0.4, -0.2) is 58.4 Å². The van der Waals surface area contributed by atoms with Gasteiger partial charge in [0.15, 0.2) is 0 Å². The summed E-state index contributed by atoms with van der Waals surface area (Å²) in [5, 5.41) is 2.86. The molecule has 4 amide bonds. The van der Waals surface area contributed by atoms with Gasteiger partial charge in [0.05, 0.1) is 0 Å². The molecule has 0 aromatic heterocycles. The van der Waals surface area contributed by atoms with E-state index in [4.69, 9.17) is 4.74 Å². The van der Waals surface area contributed by atoms with Crippen LogP contribution in [-0.2, 0) is 9.59 Å². The SMILES string of the molecule is Cc1ccc(OC2CCN(C(=O)C(C)N3C(=O)NC4(CCCC4)C3=O)CC2)cc1C. The van der Waals surface area contributed by atoms with Crippen molar-refractivity contribution < 1.29 is 19.1 Å². The number of aryl methyl sites for hydroxylation is 2. The van der Waals surface area contributed by atoms with Gasteiger partial charge in [0.1, 0.15) is 23.4 Å². The Bertz CT molecular complexity index is 854. The Morgan fingerprint density at radius 3 is 2.43 bits per heavy atom. The Kier molecular flexibility index (Phi) is 5.47. The first-order chi connectivity index (χ1) is 14.3. The number of carbonyl (C=O) groups is 3. The number of nitrogens with one attached hydrogen (secondary N) is 1. The maximum absolute atomic E-state index is 13.0. The number of hydrogen-bond donors (Lipinski definition) is 1. The van der Waals surface area contributed by atoms with Crippen molar-refractivity contribution in [2.24, 2.45) is 0 Å². The lowest BCUT2D eigenvalue weighted by atomic mass is 9.97. The summed E-state index contributed by atoms with van der Waals surface area (Å²) in [6.45, 7) is 6.92. The second-order valence-electron chi connectivity index (χ2n) is 8.96. The summed E-state index contributed by atoms with van der Waals surface area (Å²) in [5.74, 6) is 0.453. The summed E-state index contributed by atoms with van der Waals surface area (Å²) in [6, 6.07) is 4.87. The fourth-order valence-electron chi connectivity index (χ4n) is 4.86. The molecule has 1 aliphatic carbocycles. The molecule has 1 aromatic rings. The maximum atomic E-state index is 13.0. The largest absolute Gasteiger partial charge is 0.490 e. The minimum atomic E-state index is -0.783. The maximum Gasteiger partial charge on any atom is 0.325 e. The van der Waals surface area contributed by atoms with Crippen molar-refractivity contribution in [1.29, 1.82) is 0 Å². The van der Waals surface area contributed by atoms with Crippen molar-refractivity contribution in [3.05, 3.63) is 29.3 Å². The summed E-state index contributed by atoms with van der Waals surface area (Å²) >= 11 is 0. The summed E-state index contributed by atoms with van der Waals surface area (Å²) in [7, 11) is 0. The van der Waals surface area contributed by atoms with Crippen LogP contribution in [0.1, 0.15) is 56.6 Å². The van der Waals surface area contributed by atoms with E-state index >= 15 is 0 Å². The molecular formula is C23H31N3O4. The number of piperidine rings is 1. The molecule has 1 aromatic carbocycles. The quantitative estimate of drug-likeness (QED) is 0.770. The molecule has 30 heavy (non-hydrogen) atoms. The number of amides is 4. The van der Waals surface area contributed by atoms with Gasteiger partial charge in [-0.05, 0) is 56.9 Å². The molecule has 7 heteroatoms. The summed E-state index contributed by atoms with van der Waals surface area (Å²) < 4.78 is 6.11. The van der Waals surface area contributed by atoms with E-state index in [0.29, 0.717) is 25.9 Å². The number of likely N-dealkylation sites (tertiary alicyclic amines) is 1. The first-order valence-electron chi connectivity index (χ1n) is 11.0. The lowest BCUT2D eigenvalue weighted by Gasteiger charge is -2.35. The minimum absolute atomic E-state index is 0.0601. The highest BCUT2D eigenvalue weighted by Crippen LogP contribution is 2.36. The van der Waals surface area contributed by atoms with E-state index in [1.165, 1.54) is 11.1 Å². The second kappa shape index (κ2) is 7.93. The number of hydrogen-bond acceptors (Lipinski definition) is 4. The number of ether oxygens (including phenoxy) is 1. The molecule has 0 radical (unpaired) electrons. The molecule has 1 unspecified atom stereocenters. The van der Waals surface area contributed by atoms with E-state index in [0.717, 1.165) is 36.3 Å². The van der Waals surface area contributed by atoms with E-state index in [2.05, 4.69) is 25.2 Å². The van der Waals surface area contributed by atoms with Crippen LogP contribution in [0.15, 0.2) is 18.2 Å². The van der Waals surface area contributed by atoms with E-state index in [1.807, 2.05) is 12.1 Å². The lowest BCUT2D eigenvalue weighted by molar-refractivity contribution is -0.144. The first-order valence-corrected chi connectivity index (χ1v) is 11.0. The molecule has 162 valence electrons. The van der Waals surface area contributed by atoms with Crippen molar-refractivity contribution in [3.8, 4) is 5.75 Å². The Hall–Kier alpha value is -2.57. The van der Waals surface area contributed by atoms with Crippen LogP contribution in [0, 0.1) is 13.8 Å². The van der Waals surface area contributed by atoms with Crippen molar-refractivity contribution in [2.75, 3.05) is 13.1 Å². The smallest absolute Gasteiger partial charge is 0.325 e. The first kappa shape index (κ1) is 20.7. The molecule has 2 saturated heterocycles. The molecule has 7 nitrogen and oxygen atoms in total. The van der Waals surface area contributed by atoms with E-state index in [9.17, 15) is 14.4 Å². The molecule has 2 aliphatic heterocycles. The Morgan fingerprint density at radius 2 is 1.80 bits per heavy atom. The zero-order valence-electron chi connectivity index (χ0n) is 18.1. The van der Waals surface area contributed by atoms with Crippen LogP contribution >= 0.6 is 0 Å². The topological polar surface area (TPSA) is 79.0 Å². The average Bonchev–Trinajstić information content (AvgIpc) is 3.29. The molecule has 1 N–H and O–H groups in total. The van der Waals surface area contributed by atoms with Gasteiger partial charge in [0, 0.05) is 25.9 Å². The number of benzene rings is 1. The van der Waals surface area contributed by atoms with Crippen LogP contribution in [0.2, 0.25) is 0 Å². The van der Waals surface area contributed by atoms with Gasteiger partial charge >= 0.3 is 6.03 Å². The molecule has 3 fully saturated rings. The molecule has 0 bridgehead atoms. The van der Waals surface area contributed by atoms with Gasteiger partial charge < -0.3 is 15.0 Å². The van der Waals surface area contributed by atoms with Crippen LogP contribution in [0.5, 0.6) is 5.75 Å². The van der Waals surface area contributed by atoms with Crippen LogP contribution in [0.25, 0.3) is 0 Å². The third-order valence-electron chi connectivity index (χ3n) is 6.93. The zero-order chi connectivity index (χ0) is 21.5. The third-order valence-corrected chi connectivity index (χ3v) is 6.93. The average molecular weight is 414 g/mol. The number of rotatable bonds is 4. The molecule has 1 saturated carbocycles. The molecular weight excluding hydrogens is 382 g/mol. The third kappa shape index (κ3) is 3.66. The van der Waals surface area contributed by atoms with E-state index < -0.39 is 17.6 Å². The Balaban J connectivity index is 1.34. The summed E-state index contributed by atoms with van der Waals surface area (Å²) in [4.78, 5) is 41.3.